The number of methoxy groups -OCH3 is 1. The summed E-state index contributed by atoms with van der Waals surface area (Å²) in [6.45, 7) is 0. The highest BCUT2D eigenvalue weighted by Gasteiger charge is 2.17. The van der Waals surface area contributed by atoms with E-state index in [1.165, 1.54) is 25.3 Å². The summed E-state index contributed by atoms with van der Waals surface area (Å²) in [5, 5.41) is 18.5. The number of benzene rings is 1. The first kappa shape index (κ1) is 14.3. The third-order valence-corrected chi connectivity index (χ3v) is 2.88. The van der Waals surface area contributed by atoms with Crippen LogP contribution in [-0.2, 0) is 6.42 Å². The molecule has 7 nitrogen and oxygen atoms in total. The molecule has 1 aromatic heterocycles. The molecule has 0 N–H and O–H groups in total. The molecule has 0 amide bonds. The lowest BCUT2D eigenvalue weighted by Crippen LogP contribution is -1.92. The van der Waals surface area contributed by atoms with E-state index >= 15 is 0 Å². The van der Waals surface area contributed by atoms with Gasteiger partial charge in [-0.05, 0) is 12.5 Å². The van der Waals surface area contributed by atoms with E-state index in [1.807, 2.05) is 0 Å². The van der Waals surface area contributed by atoms with Crippen LogP contribution in [0.3, 0.4) is 0 Å². The first-order chi connectivity index (χ1) is 9.65. The summed E-state index contributed by atoms with van der Waals surface area (Å²) >= 11 is 5.60. The zero-order chi connectivity index (χ0) is 14.5. The molecule has 0 radical (unpaired) electrons. The summed E-state index contributed by atoms with van der Waals surface area (Å²) in [4.78, 5) is 10.2. The van der Waals surface area contributed by atoms with Crippen LogP contribution in [0.2, 0.25) is 0 Å². The van der Waals surface area contributed by atoms with E-state index in [-0.39, 0.29) is 11.6 Å². The number of nitro benzene ring substituents is 1. The fourth-order valence-electron chi connectivity index (χ4n) is 1.65. The summed E-state index contributed by atoms with van der Waals surface area (Å²) in [5.41, 5.74) is 0.454. The molecule has 0 unspecified atom stereocenters. The highest BCUT2D eigenvalue weighted by molar-refractivity contribution is 6.17. The van der Waals surface area contributed by atoms with E-state index in [2.05, 4.69) is 10.2 Å². The number of hydrogen-bond acceptors (Lipinski definition) is 6. The van der Waals surface area contributed by atoms with Gasteiger partial charge in [-0.1, -0.05) is 0 Å². The zero-order valence-electron chi connectivity index (χ0n) is 10.7. The van der Waals surface area contributed by atoms with E-state index < -0.39 is 4.92 Å². The van der Waals surface area contributed by atoms with Crippen LogP contribution < -0.4 is 4.74 Å². The van der Waals surface area contributed by atoms with E-state index in [9.17, 15) is 10.1 Å². The van der Waals surface area contributed by atoms with Crippen LogP contribution in [0.25, 0.3) is 11.5 Å². The Kier molecular flexibility index (Phi) is 4.52. The molecule has 0 saturated heterocycles. The Hall–Kier alpha value is -2.15. The van der Waals surface area contributed by atoms with Crippen LogP contribution in [0.4, 0.5) is 5.69 Å². The fourth-order valence-corrected chi connectivity index (χ4v) is 1.79. The van der Waals surface area contributed by atoms with Gasteiger partial charge in [0.05, 0.1) is 23.7 Å². The van der Waals surface area contributed by atoms with Crippen molar-refractivity contribution >= 4 is 17.3 Å². The number of nitro groups is 1. The SMILES string of the molecule is COc1cc([N+](=O)[O-])ccc1-c1nnc(CCCCl)o1. The Morgan fingerprint density at radius 1 is 1.45 bits per heavy atom. The molecule has 106 valence electrons. The Morgan fingerprint density at radius 3 is 2.90 bits per heavy atom. The van der Waals surface area contributed by atoms with E-state index in [1.54, 1.807) is 0 Å². The van der Waals surface area contributed by atoms with Crippen molar-refractivity contribution in [2.75, 3.05) is 13.0 Å². The Bertz CT molecular complexity index is 614. The fraction of sp³-hybridized carbons (Fsp3) is 0.333. The summed E-state index contributed by atoms with van der Waals surface area (Å²) < 4.78 is 10.6. The molecule has 1 heterocycles. The number of rotatable bonds is 6. The normalized spacial score (nSPS) is 10.5. The maximum Gasteiger partial charge on any atom is 0.273 e. The van der Waals surface area contributed by atoms with Gasteiger partial charge in [0.15, 0.2) is 0 Å². The van der Waals surface area contributed by atoms with Gasteiger partial charge in [0.1, 0.15) is 5.75 Å². The molecule has 0 atom stereocenters. The molecule has 1 aromatic carbocycles. The van der Waals surface area contributed by atoms with Gasteiger partial charge in [0.2, 0.25) is 5.89 Å². The molecule has 0 aliphatic carbocycles. The third-order valence-electron chi connectivity index (χ3n) is 2.62. The van der Waals surface area contributed by atoms with Gasteiger partial charge in [-0.25, -0.2) is 0 Å². The smallest absolute Gasteiger partial charge is 0.273 e. The van der Waals surface area contributed by atoms with Crippen molar-refractivity contribution in [2.45, 2.75) is 12.8 Å². The second-order valence-corrected chi connectivity index (χ2v) is 4.31. The predicted octanol–water partition coefficient (Wildman–Crippen LogP) is 2.82. The minimum absolute atomic E-state index is 0.0625. The Balaban J connectivity index is 2.32. The minimum Gasteiger partial charge on any atom is -0.496 e. The Morgan fingerprint density at radius 2 is 2.25 bits per heavy atom. The van der Waals surface area contributed by atoms with Crippen molar-refractivity contribution in [2.24, 2.45) is 0 Å². The summed E-state index contributed by atoms with van der Waals surface area (Å²) in [5.74, 6) is 1.56. The average molecular weight is 298 g/mol. The molecule has 8 heteroatoms. The van der Waals surface area contributed by atoms with E-state index in [0.717, 1.165) is 6.42 Å². The van der Waals surface area contributed by atoms with Gasteiger partial charge in [0.25, 0.3) is 11.6 Å². The van der Waals surface area contributed by atoms with Crippen LogP contribution in [0.5, 0.6) is 5.75 Å². The quantitative estimate of drug-likeness (QED) is 0.462. The number of alkyl halides is 1. The topological polar surface area (TPSA) is 91.3 Å². The average Bonchev–Trinajstić information content (AvgIpc) is 2.92. The molecular weight excluding hydrogens is 286 g/mol. The van der Waals surface area contributed by atoms with E-state index in [4.69, 9.17) is 20.8 Å². The van der Waals surface area contributed by atoms with Crippen molar-refractivity contribution < 1.29 is 14.1 Å². The molecule has 0 aliphatic rings. The molecule has 0 spiro atoms. The predicted molar refractivity (Wildman–Crippen MR) is 72.0 cm³/mol. The molecule has 20 heavy (non-hydrogen) atoms. The third kappa shape index (κ3) is 3.05. The zero-order valence-corrected chi connectivity index (χ0v) is 11.5. The number of hydrogen-bond donors (Lipinski definition) is 0. The van der Waals surface area contributed by atoms with Crippen molar-refractivity contribution in [1.29, 1.82) is 0 Å². The number of halogens is 1. The first-order valence-electron chi connectivity index (χ1n) is 5.87. The van der Waals surface area contributed by atoms with Gasteiger partial charge in [0, 0.05) is 18.4 Å². The van der Waals surface area contributed by atoms with Crippen molar-refractivity contribution in [3.8, 4) is 17.2 Å². The molecule has 2 rings (SSSR count). The lowest BCUT2D eigenvalue weighted by atomic mass is 10.2. The maximum atomic E-state index is 10.7. The van der Waals surface area contributed by atoms with Crippen LogP contribution >= 0.6 is 11.6 Å². The maximum absolute atomic E-state index is 10.7. The van der Waals surface area contributed by atoms with Crippen molar-refractivity contribution in [3.63, 3.8) is 0 Å². The number of aromatic nitrogens is 2. The highest BCUT2D eigenvalue weighted by atomic mass is 35.5. The molecule has 2 aromatic rings. The van der Waals surface area contributed by atoms with Crippen LogP contribution in [0.1, 0.15) is 12.3 Å². The number of non-ortho nitro benzene ring substituents is 1. The molecule has 0 fully saturated rings. The van der Waals surface area contributed by atoms with Crippen molar-refractivity contribution in [3.05, 3.63) is 34.2 Å². The second kappa shape index (κ2) is 6.33. The minimum atomic E-state index is -0.494. The lowest BCUT2D eigenvalue weighted by molar-refractivity contribution is -0.384. The van der Waals surface area contributed by atoms with Gasteiger partial charge in [-0.2, -0.15) is 0 Å². The molecular formula is C12H12ClN3O4. The largest absolute Gasteiger partial charge is 0.496 e. The van der Waals surface area contributed by atoms with Crippen LogP contribution in [0, 0.1) is 10.1 Å². The summed E-state index contributed by atoms with van der Waals surface area (Å²) in [7, 11) is 1.42. The summed E-state index contributed by atoms with van der Waals surface area (Å²) in [6.07, 6.45) is 1.33. The molecule has 0 bridgehead atoms. The summed E-state index contributed by atoms with van der Waals surface area (Å²) in [6, 6.07) is 4.20. The second-order valence-electron chi connectivity index (χ2n) is 3.94. The highest BCUT2D eigenvalue weighted by Crippen LogP contribution is 2.32. The van der Waals surface area contributed by atoms with Crippen molar-refractivity contribution in [1.82, 2.24) is 10.2 Å². The monoisotopic (exact) mass is 297 g/mol. The molecule has 0 aliphatic heterocycles. The van der Waals surface area contributed by atoms with E-state index in [0.29, 0.717) is 29.5 Å². The number of aryl methyl sites for hydroxylation is 1. The van der Waals surface area contributed by atoms with Crippen LogP contribution in [0.15, 0.2) is 22.6 Å². The lowest BCUT2D eigenvalue weighted by Gasteiger charge is -2.04. The Labute approximate surface area is 119 Å². The number of ether oxygens (including phenoxy) is 1. The first-order valence-corrected chi connectivity index (χ1v) is 6.40. The van der Waals surface area contributed by atoms with Gasteiger partial charge in [-0.3, -0.25) is 10.1 Å². The van der Waals surface area contributed by atoms with Gasteiger partial charge in [-0.15, -0.1) is 21.8 Å². The van der Waals surface area contributed by atoms with Gasteiger partial charge >= 0.3 is 0 Å². The molecule has 0 saturated carbocycles. The number of nitrogens with zero attached hydrogens (tertiary/aromatic N) is 3. The standard InChI is InChI=1S/C12H12ClN3O4/c1-19-10-7-8(16(17)18)4-5-9(10)12-15-14-11(20-12)3-2-6-13/h4-5,7H,2-3,6H2,1H3. The van der Waals surface area contributed by atoms with Gasteiger partial charge < -0.3 is 9.15 Å². The van der Waals surface area contributed by atoms with Crippen LogP contribution in [-0.4, -0.2) is 28.1 Å².